The Morgan fingerprint density at radius 3 is 1.79 bits per heavy atom. The van der Waals surface area contributed by atoms with Gasteiger partial charge in [-0.05, 0) is 18.3 Å². The van der Waals surface area contributed by atoms with E-state index in [-0.39, 0.29) is 5.31 Å². The van der Waals surface area contributed by atoms with Crippen molar-refractivity contribution in [1.29, 1.82) is 0 Å². The molecule has 0 saturated heterocycles. The predicted molar refractivity (Wildman–Crippen MR) is 64.8 cm³/mol. The van der Waals surface area contributed by atoms with Gasteiger partial charge in [-0.25, -0.2) is 0 Å². The minimum absolute atomic E-state index is 0.206. The van der Waals surface area contributed by atoms with Gasteiger partial charge in [0.1, 0.15) is 0 Å². The number of hydrogen-bond acceptors (Lipinski definition) is 0. The molecule has 80 valence electrons. The van der Waals surface area contributed by atoms with E-state index in [2.05, 4.69) is 20.8 Å². The Balaban J connectivity index is 2.49. The first-order chi connectivity index (χ1) is 6.58. The van der Waals surface area contributed by atoms with Crippen molar-refractivity contribution in [3.8, 4) is 0 Å². The van der Waals surface area contributed by atoms with Crippen LogP contribution in [-0.4, -0.2) is 7.85 Å². The van der Waals surface area contributed by atoms with Gasteiger partial charge in [0.25, 0.3) is 0 Å². The van der Waals surface area contributed by atoms with Crippen molar-refractivity contribution >= 4 is 7.85 Å². The Morgan fingerprint density at radius 1 is 1.07 bits per heavy atom. The summed E-state index contributed by atoms with van der Waals surface area (Å²) in [4.78, 5) is 0. The quantitative estimate of drug-likeness (QED) is 0.521. The zero-order valence-corrected chi connectivity index (χ0v) is 10.2. The molecule has 0 bridgehead atoms. The lowest BCUT2D eigenvalue weighted by Gasteiger charge is -2.37. The van der Waals surface area contributed by atoms with Crippen LogP contribution in [0.15, 0.2) is 0 Å². The maximum Gasteiger partial charge on any atom is 0.0753 e. The lowest BCUT2D eigenvalue weighted by molar-refractivity contribution is 0.225. The summed E-state index contributed by atoms with van der Waals surface area (Å²) in [5.74, 6) is 0. The summed E-state index contributed by atoms with van der Waals surface area (Å²) in [6.07, 6.45) is 10.5. The van der Waals surface area contributed by atoms with E-state index in [1.165, 1.54) is 51.4 Å². The van der Waals surface area contributed by atoms with E-state index in [4.69, 9.17) is 7.85 Å². The molecule has 2 radical (unpaired) electrons. The monoisotopic (exact) mass is 192 g/mol. The Kier molecular flexibility index (Phi) is 4.09. The molecule has 0 aromatic rings. The van der Waals surface area contributed by atoms with E-state index >= 15 is 0 Å². The summed E-state index contributed by atoms with van der Waals surface area (Å²) in [7, 11) is 6.41. The van der Waals surface area contributed by atoms with Crippen molar-refractivity contribution < 1.29 is 0 Å². The smallest absolute Gasteiger partial charge is 0.0654 e. The number of hydrogen-bond donors (Lipinski definition) is 0. The molecule has 0 nitrogen and oxygen atoms in total. The molecule has 0 atom stereocenters. The molecule has 1 rings (SSSR count). The first kappa shape index (κ1) is 12.1. The van der Waals surface area contributed by atoms with Gasteiger partial charge in [0, 0.05) is 0 Å². The van der Waals surface area contributed by atoms with Crippen molar-refractivity contribution in [1.82, 2.24) is 0 Å². The summed E-state index contributed by atoms with van der Waals surface area (Å²) >= 11 is 0. The van der Waals surface area contributed by atoms with Gasteiger partial charge in [0.15, 0.2) is 0 Å². The van der Waals surface area contributed by atoms with E-state index in [0.29, 0.717) is 5.41 Å². The average molecular weight is 192 g/mol. The molecule has 1 saturated carbocycles. The third-order valence-corrected chi connectivity index (χ3v) is 4.15. The lowest BCUT2D eigenvalue weighted by atomic mass is 9.58. The van der Waals surface area contributed by atoms with Gasteiger partial charge < -0.3 is 0 Å². The first-order valence-electron chi connectivity index (χ1n) is 6.37. The Bertz CT molecular complexity index is 162. The number of unbranched alkanes of at least 4 members (excludes halogenated alkanes) is 2. The van der Waals surface area contributed by atoms with Gasteiger partial charge >= 0.3 is 0 Å². The highest BCUT2D eigenvalue weighted by Gasteiger charge is 2.50. The third-order valence-electron chi connectivity index (χ3n) is 4.15. The zero-order valence-electron chi connectivity index (χ0n) is 10.2. The van der Waals surface area contributed by atoms with Crippen molar-refractivity contribution in [2.45, 2.75) is 77.5 Å². The van der Waals surface area contributed by atoms with Crippen molar-refractivity contribution in [3.63, 3.8) is 0 Å². The van der Waals surface area contributed by atoms with Crippen molar-refractivity contribution in [2.75, 3.05) is 0 Å². The molecule has 0 spiro atoms. The molecule has 0 aromatic heterocycles. The normalized spacial score (nSPS) is 19.6. The summed E-state index contributed by atoms with van der Waals surface area (Å²) in [5.41, 5.74) is 0.430. The molecular formula is C13H25B. The maximum atomic E-state index is 6.41. The Morgan fingerprint density at radius 2 is 1.50 bits per heavy atom. The minimum atomic E-state index is 0.206. The molecule has 1 aliphatic rings. The molecule has 0 aliphatic heterocycles. The SMILES string of the molecule is [B]C1(C(C)(CCCC)CCCC)CC1. The molecule has 1 aliphatic carbocycles. The fourth-order valence-corrected chi connectivity index (χ4v) is 2.49. The summed E-state index contributed by atoms with van der Waals surface area (Å²) in [6.45, 7) is 6.97. The molecule has 0 unspecified atom stereocenters. The van der Waals surface area contributed by atoms with Crippen molar-refractivity contribution in [3.05, 3.63) is 0 Å². The summed E-state index contributed by atoms with van der Waals surface area (Å²) in [5, 5.41) is 0.206. The zero-order chi connectivity index (χ0) is 10.7. The van der Waals surface area contributed by atoms with Crippen LogP contribution in [0, 0.1) is 5.41 Å². The highest BCUT2D eigenvalue weighted by atomic mass is 14.5. The minimum Gasteiger partial charge on any atom is -0.0654 e. The molecule has 0 N–H and O–H groups in total. The first-order valence-corrected chi connectivity index (χ1v) is 6.37. The third kappa shape index (κ3) is 2.55. The second-order valence-corrected chi connectivity index (χ2v) is 5.42. The van der Waals surface area contributed by atoms with Gasteiger partial charge in [-0.1, -0.05) is 64.6 Å². The largest absolute Gasteiger partial charge is 0.0753 e. The second kappa shape index (κ2) is 4.72. The van der Waals surface area contributed by atoms with Crippen LogP contribution in [0.4, 0.5) is 0 Å². The van der Waals surface area contributed by atoms with Gasteiger partial charge in [0.2, 0.25) is 0 Å². The van der Waals surface area contributed by atoms with E-state index in [1.807, 2.05) is 0 Å². The highest BCUT2D eigenvalue weighted by Crippen LogP contribution is 2.66. The van der Waals surface area contributed by atoms with Crippen LogP contribution in [0.3, 0.4) is 0 Å². The van der Waals surface area contributed by atoms with Crippen LogP contribution in [0.1, 0.15) is 72.1 Å². The summed E-state index contributed by atoms with van der Waals surface area (Å²) < 4.78 is 0. The molecule has 1 fully saturated rings. The number of rotatable bonds is 7. The average Bonchev–Trinajstić information content (AvgIpc) is 2.92. The standard InChI is InChI=1S/C13H25B/c1-4-6-8-12(3,9-7-5-2)13(14)10-11-13/h4-11H2,1-3H3. The van der Waals surface area contributed by atoms with Gasteiger partial charge in [-0.3, -0.25) is 0 Å². The van der Waals surface area contributed by atoms with Crippen LogP contribution in [0.2, 0.25) is 5.31 Å². The van der Waals surface area contributed by atoms with E-state index in [1.54, 1.807) is 0 Å². The Labute approximate surface area is 91.3 Å². The van der Waals surface area contributed by atoms with Crippen LogP contribution < -0.4 is 0 Å². The molecule has 14 heavy (non-hydrogen) atoms. The Hall–Kier alpha value is 0.0649. The summed E-state index contributed by atoms with van der Waals surface area (Å²) in [6, 6.07) is 0. The fraction of sp³-hybridized carbons (Fsp3) is 1.00. The predicted octanol–water partition coefficient (Wildman–Crippen LogP) is 4.49. The van der Waals surface area contributed by atoms with Crippen molar-refractivity contribution in [2.24, 2.45) is 5.41 Å². The van der Waals surface area contributed by atoms with E-state index in [0.717, 1.165) is 0 Å². The second-order valence-electron chi connectivity index (χ2n) is 5.42. The molecule has 0 aromatic carbocycles. The van der Waals surface area contributed by atoms with E-state index in [9.17, 15) is 0 Å². The van der Waals surface area contributed by atoms with Crippen LogP contribution in [0.5, 0.6) is 0 Å². The molecule has 1 heteroatoms. The lowest BCUT2D eigenvalue weighted by Crippen LogP contribution is -2.24. The fourth-order valence-electron chi connectivity index (χ4n) is 2.49. The van der Waals surface area contributed by atoms with Crippen LogP contribution >= 0.6 is 0 Å². The topological polar surface area (TPSA) is 0 Å². The van der Waals surface area contributed by atoms with Gasteiger partial charge in [-0.2, -0.15) is 0 Å². The molecule has 0 amide bonds. The molecule has 0 heterocycles. The highest BCUT2D eigenvalue weighted by molar-refractivity contribution is 6.17. The van der Waals surface area contributed by atoms with Crippen LogP contribution in [0.25, 0.3) is 0 Å². The van der Waals surface area contributed by atoms with E-state index < -0.39 is 0 Å². The van der Waals surface area contributed by atoms with Crippen LogP contribution in [-0.2, 0) is 0 Å². The molecular weight excluding hydrogens is 167 g/mol. The van der Waals surface area contributed by atoms with Gasteiger partial charge in [-0.15, -0.1) is 0 Å². The maximum absolute atomic E-state index is 6.41. The van der Waals surface area contributed by atoms with Gasteiger partial charge in [0.05, 0.1) is 7.85 Å².